The third-order valence-electron chi connectivity index (χ3n) is 2.52. The summed E-state index contributed by atoms with van der Waals surface area (Å²) in [6.07, 6.45) is 3.85. The minimum absolute atomic E-state index is 0.191. The van der Waals surface area contributed by atoms with Crippen molar-refractivity contribution in [2.24, 2.45) is 0 Å². The predicted octanol–water partition coefficient (Wildman–Crippen LogP) is 2.04. The molecule has 1 N–H and O–H groups in total. The molecule has 0 aliphatic heterocycles. The van der Waals surface area contributed by atoms with Crippen LogP contribution in [0.25, 0.3) is 0 Å². The lowest BCUT2D eigenvalue weighted by Crippen LogP contribution is -2.11. The van der Waals surface area contributed by atoms with Crippen LogP contribution >= 0.6 is 0 Å². The number of hydrogen-bond acceptors (Lipinski definition) is 2. The SMILES string of the molecule is CC(C)c1cnc(C(=O)O)n1C1CC1. The largest absolute Gasteiger partial charge is 0.475 e. The Labute approximate surface area is 82.6 Å². The van der Waals surface area contributed by atoms with E-state index in [0.717, 1.165) is 18.5 Å². The molecule has 4 nitrogen and oxygen atoms in total. The predicted molar refractivity (Wildman–Crippen MR) is 51.5 cm³/mol. The number of nitrogens with zero attached hydrogens (tertiary/aromatic N) is 2. The van der Waals surface area contributed by atoms with Gasteiger partial charge in [0.15, 0.2) is 0 Å². The van der Waals surface area contributed by atoms with Crippen LogP contribution in [0.4, 0.5) is 0 Å². The van der Waals surface area contributed by atoms with Crippen molar-refractivity contribution in [2.75, 3.05) is 0 Å². The third kappa shape index (κ3) is 1.41. The van der Waals surface area contributed by atoms with Crippen molar-refractivity contribution in [3.8, 4) is 0 Å². The number of carbonyl (C=O) groups is 1. The Balaban J connectivity index is 2.46. The maximum atomic E-state index is 10.9. The van der Waals surface area contributed by atoms with Gasteiger partial charge in [-0.3, -0.25) is 0 Å². The zero-order chi connectivity index (χ0) is 10.3. The molecule has 0 radical (unpaired) electrons. The first kappa shape index (κ1) is 9.24. The van der Waals surface area contributed by atoms with E-state index in [1.165, 1.54) is 0 Å². The van der Waals surface area contributed by atoms with Crippen LogP contribution in [-0.4, -0.2) is 20.6 Å². The molecule has 1 aromatic heterocycles. The topological polar surface area (TPSA) is 55.1 Å². The molecule has 0 amide bonds. The van der Waals surface area contributed by atoms with Crippen LogP contribution in [0, 0.1) is 0 Å². The van der Waals surface area contributed by atoms with Crippen molar-refractivity contribution in [2.45, 2.75) is 38.6 Å². The highest BCUT2D eigenvalue weighted by molar-refractivity contribution is 5.83. The van der Waals surface area contributed by atoms with E-state index >= 15 is 0 Å². The maximum absolute atomic E-state index is 10.9. The fraction of sp³-hybridized carbons (Fsp3) is 0.600. The smallest absolute Gasteiger partial charge is 0.372 e. The van der Waals surface area contributed by atoms with Crippen LogP contribution in [0.3, 0.4) is 0 Å². The Morgan fingerprint density at radius 1 is 1.64 bits per heavy atom. The molecule has 14 heavy (non-hydrogen) atoms. The van der Waals surface area contributed by atoms with Crippen LogP contribution in [-0.2, 0) is 0 Å². The Kier molecular flexibility index (Phi) is 2.06. The summed E-state index contributed by atoms with van der Waals surface area (Å²) in [5.74, 6) is -0.406. The first-order valence-corrected chi connectivity index (χ1v) is 4.91. The Morgan fingerprint density at radius 2 is 2.29 bits per heavy atom. The molecule has 1 fully saturated rings. The second-order valence-electron chi connectivity index (χ2n) is 4.07. The minimum Gasteiger partial charge on any atom is -0.475 e. The Bertz CT molecular complexity index is 364. The lowest BCUT2D eigenvalue weighted by molar-refractivity contribution is 0.0677. The molecular weight excluding hydrogens is 180 g/mol. The number of aromatic nitrogens is 2. The van der Waals surface area contributed by atoms with Crippen LogP contribution < -0.4 is 0 Å². The zero-order valence-corrected chi connectivity index (χ0v) is 8.40. The highest BCUT2D eigenvalue weighted by Crippen LogP contribution is 2.38. The molecule has 0 saturated heterocycles. The van der Waals surface area contributed by atoms with Gasteiger partial charge in [-0.2, -0.15) is 0 Å². The second-order valence-corrected chi connectivity index (χ2v) is 4.07. The number of hydrogen-bond donors (Lipinski definition) is 1. The molecule has 0 unspecified atom stereocenters. The molecular formula is C10H14N2O2. The van der Waals surface area contributed by atoms with Crippen molar-refractivity contribution < 1.29 is 9.90 Å². The van der Waals surface area contributed by atoms with Crippen LogP contribution in [0.2, 0.25) is 0 Å². The lowest BCUT2D eigenvalue weighted by atomic mass is 10.1. The van der Waals surface area contributed by atoms with Gasteiger partial charge in [-0.15, -0.1) is 0 Å². The molecule has 1 aromatic rings. The summed E-state index contributed by atoms with van der Waals surface area (Å²) < 4.78 is 1.88. The minimum atomic E-state index is -0.927. The number of imidazole rings is 1. The number of aromatic carboxylic acids is 1. The molecule has 1 aliphatic carbocycles. The summed E-state index contributed by atoms with van der Waals surface area (Å²) in [4.78, 5) is 14.9. The molecule has 2 rings (SSSR count). The molecule has 1 saturated carbocycles. The molecule has 1 aliphatic rings. The van der Waals surface area contributed by atoms with Crippen molar-refractivity contribution >= 4 is 5.97 Å². The average Bonchev–Trinajstić information content (AvgIpc) is 2.83. The van der Waals surface area contributed by atoms with Gasteiger partial charge in [0.05, 0.1) is 0 Å². The van der Waals surface area contributed by atoms with Gasteiger partial charge in [-0.05, 0) is 18.8 Å². The Hall–Kier alpha value is -1.32. The molecule has 1 heterocycles. The van der Waals surface area contributed by atoms with E-state index < -0.39 is 5.97 Å². The number of rotatable bonds is 3. The van der Waals surface area contributed by atoms with E-state index in [-0.39, 0.29) is 5.82 Å². The van der Waals surface area contributed by atoms with Gasteiger partial charge < -0.3 is 9.67 Å². The first-order chi connectivity index (χ1) is 6.61. The van der Waals surface area contributed by atoms with E-state index in [2.05, 4.69) is 18.8 Å². The highest BCUT2D eigenvalue weighted by Gasteiger charge is 2.31. The van der Waals surface area contributed by atoms with Gasteiger partial charge in [0.1, 0.15) is 0 Å². The fourth-order valence-electron chi connectivity index (χ4n) is 1.68. The summed E-state index contributed by atoms with van der Waals surface area (Å²) in [5, 5.41) is 8.95. The van der Waals surface area contributed by atoms with Gasteiger partial charge in [0, 0.05) is 17.9 Å². The molecule has 0 aromatic carbocycles. The molecule has 4 heteroatoms. The van der Waals surface area contributed by atoms with Gasteiger partial charge in [0.2, 0.25) is 5.82 Å². The van der Waals surface area contributed by atoms with Crippen molar-refractivity contribution in [1.29, 1.82) is 0 Å². The first-order valence-electron chi connectivity index (χ1n) is 4.91. The van der Waals surface area contributed by atoms with Crippen molar-refractivity contribution in [1.82, 2.24) is 9.55 Å². The monoisotopic (exact) mass is 194 g/mol. The fourth-order valence-corrected chi connectivity index (χ4v) is 1.68. The summed E-state index contributed by atoms with van der Waals surface area (Å²) >= 11 is 0. The molecule has 0 spiro atoms. The third-order valence-corrected chi connectivity index (χ3v) is 2.52. The van der Waals surface area contributed by atoms with Crippen LogP contribution in [0.15, 0.2) is 6.20 Å². The van der Waals surface area contributed by atoms with Gasteiger partial charge >= 0.3 is 5.97 Å². The summed E-state index contributed by atoms with van der Waals surface area (Å²) in [6.45, 7) is 4.11. The normalized spacial score (nSPS) is 16.2. The van der Waals surface area contributed by atoms with Crippen molar-refractivity contribution in [3.63, 3.8) is 0 Å². The Morgan fingerprint density at radius 3 is 2.71 bits per heavy atom. The maximum Gasteiger partial charge on any atom is 0.372 e. The van der Waals surface area contributed by atoms with Crippen LogP contribution in [0.1, 0.15) is 55.0 Å². The number of carboxylic acids is 1. The van der Waals surface area contributed by atoms with E-state index in [0.29, 0.717) is 12.0 Å². The van der Waals surface area contributed by atoms with E-state index in [1.807, 2.05) is 4.57 Å². The summed E-state index contributed by atoms with van der Waals surface area (Å²) in [5.41, 5.74) is 1.03. The highest BCUT2D eigenvalue weighted by atomic mass is 16.4. The lowest BCUT2D eigenvalue weighted by Gasteiger charge is -2.10. The van der Waals surface area contributed by atoms with E-state index in [9.17, 15) is 4.79 Å². The average molecular weight is 194 g/mol. The number of carboxylic acid groups (broad SMARTS) is 1. The standard InChI is InChI=1S/C10H14N2O2/c1-6(2)8-5-11-9(10(13)14)12(8)7-3-4-7/h5-7H,3-4H2,1-2H3,(H,13,14). The molecule has 0 atom stereocenters. The van der Waals surface area contributed by atoms with Crippen molar-refractivity contribution in [3.05, 3.63) is 17.7 Å². The second kappa shape index (κ2) is 3.12. The molecule has 0 bridgehead atoms. The van der Waals surface area contributed by atoms with Crippen LogP contribution in [0.5, 0.6) is 0 Å². The van der Waals surface area contributed by atoms with Gasteiger partial charge in [-0.1, -0.05) is 13.8 Å². The van der Waals surface area contributed by atoms with E-state index in [4.69, 9.17) is 5.11 Å². The summed E-state index contributed by atoms with van der Waals surface area (Å²) in [7, 11) is 0. The van der Waals surface area contributed by atoms with Gasteiger partial charge in [0.25, 0.3) is 0 Å². The molecule has 76 valence electrons. The summed E-state index contributed by atoms with van der Waals surface area (Å²) in [6, 6.07) is 0.376. The van der Waals surface area contributed by atoms with Gasteiger partial charge in [-0.25, -0.2) is 9.78 Å². The van der Waals surface area contributed by atoms with E-state index in [1.54, 1.807) is 6.20 Å². The zero-order valence-electron chi connectivity index (χ0n) is 8.40. The quantitative estimate of drug-likeness (QED) is 0.801.